The van der Waals surface area contributed by atoms with Crippen molar-refractivity contribution in [1.82, 2.24) is 0 Å². The van der Waals surface area contributed by atoms with Crippen molar-refractivity contribution >= 4 is 6.29 Å². The first-order valence-corrected chi connectivity index (χ1v) is 4.47. The highest BCUT2D eigenvalue weighted by Crippen LogP contribution is 2.35. The van der Waals surface area contributed by atoms with E-state index >= 15 is 0 Å². The Bertz CT molecular complexity index is 141. The van der Waals surface area contributed by atoms with E-state index in [0.29, 0.717) is 6.29 Å². The van der Waals surface area contributed by atoms with E-state index in [9.17, 15) is 13.6 Å². The normalized spacial score (nSPS) is 21.6. The molecule has 0 aromatic rings. The van der Waals surface area contributed by atoms with Gasteiger partial charge < -0.3 is 4.79 Å². The Hall–Kier alpha value is -0.470. The third kappa shape index (κ3) is 2.26. The predicted molar refractivity (Wildman–Crippen MR) is 42.1 cm³/mol. The van der Waals surface area contributed by atoms with Crippen molar-refractivity contribution in [3.05, 3.63) is 0 Å². The van der Waals surface area contributed by atoms with Crippen molar-refractivity contribution in [2.24, 2.45) is 11.8 Å². The molecule has 0 aromatic carbocycles. The number of aldehydes is 1. The molecular weight excluding hydrogens is 162 g/mol. The minimum absolute atomic E-state index is 0.0301. The Balaban J connectivity index is 2.45. The van der Waals surface area contributed by atoms with Gasteiger partial charge in [0, 0.05) is 12.3 Å². The van der Waals surface area contributed by atoms with Crippen LogP contribution in [0.1, 0.15) is 32.1 Å². The van der Waals surface area contributed by atoms with Crippen molar-refractivity contribution in [3.63, 3.8) is 0 Å². The molecule has 70 valence electrons. The van der Waals surface area contributed by atoms with Gasteiger partial charge in [0.15, 0.2) is 0 Å². The van der Waals surface area contributed by atoms with Crippen LogP contribution >= 0.6 is 0 Å². The highest BCUT2D eigenvalue weighted by molar-refractivity contribution is 5.49. The molecule has 0 N–H and O–H groups in total. The molecular formula is C9H14F2O. The Morgan fingerprint density at radius 1 is 1.33 bits per heavy atom. The Morgan fingerprint density at radius 2 is 1.92 bits per heavy atom. The summed E-state index contributed by atoms with van der Waals surface area (Å²) in [5.41, 5.74) is 0. The molecule has 1 nitrogen and oxygen atoms in total. The summed E-state index contributed by atoms with van der Waals surface area (Å²) in [6.45, 7) is 0. The van der Waals surface area contributed by atoms with Gasteiger partial charge in [-0.1, -0.05) is 12.8 Å². The van der Waals surface area contributed by atoms with E-state index in [4.69, 9.17) is 0 Å². The van der Waals surface area contributed by atoms with Gasteiger partial charge in [0.25, 0.3) is 0 Å². The standard InChI is InChI=1S/C9H14F2O/c10-9(11)8(5-6-12)7-3-1-2-4-7/h6-9H,1-5H2. The summed E-state index contributed by atoms with van der Waals surface area (Å²) >= 11 is 0. The molecule has 1 unspecified atom stereocenters. The van der Waals surface area contributed by atoms with E-state index in [-0.39, 0.29) is 12.3 Å². The molecule has 1 aliphatic rings. The molecule has 1 atom stereocenters. The molecule has 1 aliphatic carbocycles. The van der Waals surface area contributed by atoms with Crippen LogP contribution in [0.3, 0.4) is 0 Å². The smallest absolute Gasteiger partial charge is 0.242 e. The van der Waals surface area contributed by atoms with Crippen LogP contribution < -0.4 is 0 Å². The number of hydrogen-bond donors (Lipinski definition) is 0. The van der Waals surface area contributed by atoms with Gasteiger partial charge in [0.05, 0.1) is 0 Å². The molecule has 1 saturated carbocycles. The van der Waals surface area contributed by atoms with Gasteiger partial charge in [-0.25, -0.2) is 8.78 Å². The van der Waals surface area contributed by atoms with Crippen LogP contribution in [-0.4, -0.2) is 12.7 Å². The van der Waals surface area contributed by atoms with E-state index in [1.165, 1.54) is 0 Å². The second-order valence-corrected chi connectivity index (χ2v) is 3.45. The first-order chi connectivity index (χ1) is 5.75. The van der Waals surface area contributed by atoms with Gasteiger partial charge in [-0.3, -0.25) is 0 Å². The van der Waals surface area contributed by atoms with E-state index in [1.54, 1.807) is 0 Å². The second kappa shape index (κ2) is 4.53. The molecule has 0 saturated heterocycles. The van der Waals surface area contributed by atoms with Crippen LogP contribution in [0.4, 0.5) is 8.78 Å². The monoisotopic (exact) mass is 176 g/mol. The fraction of sp³-hybridized carbons (Fsp3) is 0.889. The third-order valence-corrected chi connectivity index (χ3v) is 2.70. The van der Waals surface area contributed by atoms with E-state index in [1.807, 2.05) is 0 Å². The average molecular weight is 176 g/mol. The molecule has 1 fully saturated rings. The fourth-order valence-electron chi connectivity index (χ4n) is 2.00. The summed E-state index contributed by atoms with van der Waals surface area (Å²) < 4.78 is 24.8. The van der Waals surface area contributed by atoms with Crippen LogP contribution in [0.25, 0.3) is 0 Å². The lowest BCUT2D eigenvalue weighted by Gasteiger charge is -2.19. The van der Waals surface area contributed by atoms with Crippen LogP contribution in [0.2, 0.25) is 0 Å². The number of carbonyl (C=O) groups is 1. The van der Waals surface area contributed by atoms with Gasteiger partial charge >= 0.3 is 0 Å². The molecule has 0 amide bonds. The SMILES string of the molecule is O=CCC(C(F)F)C1CCCC1. The molecule has 0 radical (unpaired) electrons. The van der Waals surface area contributed by atoms with Gasteiger partial charge in [0.1, 0.15) is 6.29 Å². The van der Waals surface area contributed by atoms with E-state index in [0.717, 1.165) is 25.7 Å². The largest absolute Gasteiger partial charge is 0.303 e. The van der Waals surface area contributed by atoms with Gasteiger partial charge in [0.2, 0.25) is 6.43 Å². The topological polar surface area (TPSA) is 17.1 Å². The van der Waals surface area contributed by atoms with Crippen molar-refractivity contribution in [3.8, 4) is 0 Å². The molecule has 1 rings (SSSR count). The molecule has 0 aromatic heterocycles. The quantitative estimate of drug-likeness (QED) is 0.602. The maximum absolute atomic E-state index is 12.4. The summed E-state index contributed by atoms with van der Waals surface area (Å²) in [7, 11) is 0. The summed E-state index contributed by atoms with van der Waals surface area (Å²) in [5.74, 6) is -0.583. The summed E-state index contributed by atoms with van der Waals surface area (Å²) in [4.78, 5) is 10.1. The number of alkyl halides is 2. The second-order valence-electron chi connectivity index (χ2n) is 3.45. The third-order valence-electron chi connectivity index (χ3n) is 2.70. The van der Waals surface area contributed by atoms with Crippen molar-refractivity contribution in [2.75, 3.05) is 0 Å². The summed E-state index contributed by atoms with van der Waals surface area (Å²) in [6.07, 6.45) is 2.18. The zero-order chi connectivity index (χ0) is 8.97. The van der Waals surface area contributed by atoms with Gasteiger partial charge in [-0.15, -0.1) is 0 Å². The highest BCUT2D eigenvalue weighted by Gasteiger charge is 2.31. The minimum atomic E-state index is -2.32. The number of halogens is 2. The summed E-state index contributed by atoms with van der Waals surface area (Å²) in [6, 6.07) is 0. The molecule has 12 heavy (non-hydrogen) atoms. The Labute approximate surface area is 71.1 Å². The first kappa shape index (κ1) is 9.62. The van der Waals surface area contributed by atoms with E-state index < -0.39 is 12.3 Å². The zero-order valence-corrected chi connectivity index (χ0v) is 7.01. The molecule has 0 heterocycles. The number of rotatable bonds is 4. The molecule has 0 spiro atoms. The van der Waals surface area contributed by atoms with E-state index in [2.05, 4.69) is 0 Å². The van der Waals surface area contributed by atoms with Crippen molar-refractivity contribution in [1.29, 1.82) is 0 Å². The zero-order valence-electron chi connectivity index (χ0n) is 7.01. The van der Waals surface area contributed by atoms with Crippen LogP contribution in [0.15, 0.2) is 0 Å². The molecule has 3 heteroatoms. The van der Waals surface area contributed by atoms with Crippen LogP contribution in [0, 0.1) is 11.8 Å². The van der Waals surface area contributed by atoms with Gasteiger partial charge in [-0.2, -0.15) is 0 Å². The maximum Gasteiger partial charge on any atom is 0.242 e. The number of carbonyl (C=O) groups excluding carboxylic acids is 1. The maximum atomic E-state index is 12.4. The summed E-state index contributed by atoms with van der Waals surface area (Å²) in [5, 5.41) is 0. The average Bonchev–Trinajstić information content (AvgIpc) is 2.51. The lowest BCUT2D eigenvalue weighted by Crippen LogP contribution is -2.20. The number of hydrogen-bond acceptors (Lipinski definition) is 1. The Kier molecular flexibility index (Phi) is 3.63. The minimum Gasteiger partial charge on any atom is -0.303 e. The van der Waals surface area contributed by atoms with Crippen LogP contribution in [0.5, 0.6) is 0 Å². The van der Waals surface area contributed by atoms with Crippen LogP contribution in [-0.2, 0) is 4.79 Å². The van der Waals surface area contributed by atoms with Crippen molar-refractivity contribution in [2.45, 2.75) is 38.5 Å². The highest BCUT2D eigenvalue weighted by atomic mass is 19.3. The fourth-order valence-corrected chi connectivity index (χ4v) is 2.00. The predicted octanol–water partition coefficient (Wildman–Crippen LogP) is 2.65. The van der Waals surface area contributed by atoms with Gasteiger partial charge in [-0.05, 0) is 18.8 Å². The lowest BCUT2D eigenvalue weighted by atomic mass is 9.89. The van der Waals surface area contributed by atoms with Crippen molar-refractivity contribution < 1.29 is 13.6 Å². The molecule has 0 aliphatic heterocycles. The first-order valence-electron chi connectivity index (χ1n) is 4.47. The Morgan fingerprint density at radius 3 is 2.33 bits per heavy atom. The lowest BCUT2D eigenvalue weighted by molar-refractivity contribution is -0.110. The molecule has 0 bridgehead atoms.